The summed E-state index contributed by atoms with van der Waals surface area (Å²) >= 11 is 0. The van der Waals surface area contributed by atoms with E-state index in [-0.39, 0.29) is 51.8 Å². The van der Waals surface area contributed by atoms with Gasteiger partial charge in [-0.3, -0.25) is 0 Å². The van der Waals surface area contributed by atoms with Crippen LogP contribution < -0.4 is 0 Å². The van der Waals surface area contributed by atoms with Gasteiger partial charge >= 0.3 is 0 Å². The summed E-state index contributed by atoms with van der Waals surface area (Å²) < 4.78 is 25.8. The zero-order valence-electron chi connectivity index (χ0n) is 27.7. The summed E-state index contributed by atoms with van der Waals surface area (Å²) in [4.78, 5) is 0. The molecule has 0 radical (unpaired) electrons. The van der Waals surface area contributed by atoms with Crippen molar-refractivity contribution in [1.82, 2.24) is 0 Å². The van der Waals surface area contributed by atoms with Gasteiger partial charge in [-0.05, 0) is 105 Å². The van der Waals surface area contributed by atoms with E-state index >= 15 is 0 Å². The van der Waals surface area contributed by atoms with Crippen molar-refractivity contribution in [2.45, 2.75) is 160 Å². The topological polar surface area (TPSA) is 138 Å². The van der Waals surface area contributed by atoms with Crippen LogP contribution in [0.3, 0.4) is 0 Å². The minimum atomic E-state index is -1.28. The number of ether oxygens (including phenoxy) is 4. The van der Waals surface area contributed by atoms with Crippen LogP contribution in [-0.2, 0) is 18.9 Å². The fraction of sp³-hybridized carbons (Fsp3) is 1.00. The van der Waals surface area contributed by atoms with Crippen LogP contribution in [0.15, 0.2) is 0 Å². The number of hydrogen-bond acceptors (Lipinski definition) is 9. The first kappa shape index (κ1) is 30.9. The van der Waals surface area contributed by atoms with Gasteiger partial charge in [-0.25, -0.2) is 0 Å². The number of aliphatic hydroxyl groups excluding tert-OH is 4. The van der Waals surface area contributed by atoms with Crippen LogP contribution in [0.4, 0.5) is 0 Å². The summed E-state index contributed by atoms with van der Waals surface area (Å²) in [6, 6.07) is 0. The minimum Gasteiger partial charge on any atom is -0.388 e. The van der Waals surface area contributed by atoms with Gasteiger partial charge in [0, 0.05) is 11.3 Å². The standard InChI is InChI=1S/C35H56O9/c1-17-14-19-26(30(4,5)40)44-35(43-19)25(17)31(6)12-13-34-16-33(34)11-10-22(42-27-24(38)23(37)18(36)15-41-27)29(2,3)20(33)8-9-21(34)32(31,7)28(35)39/h17-28,36-40H,8-16H2,1-7H3/t17-,18-,19-,20+,21+,22+,23+,24-,25-,26-,27+,28-,31-,32-,33-,34+,35+/m1/s1. The van der Waals surface area contributed by atoms with E-state index in [0.29, 0.717) is 17.8 Å². The first-order chi connectivity index (χ1) is 20.4. The fourth-order valence-corrected chi connectivity index (χ4v) is 14.0. The molecule has 8 fully saturated rings. The van der Waals surface area contributed by atoms with Gasteiger partial charge in [0.15, 0.2) is 12.1 Å². The predicted octanol–water partition coefficient (Wildman–Crippen LogP) is 3.12. The van der Waals surface area contributed by atoms with Crippen LogP contribution in [0.5, 0.6) is 0 Å². The van der Waals surface area contributed by atoms with Gasteiger partial charge in [-0.15, -0.1) is 0 Å². The van der Waals surface area contributed by atoms with E-state index in [9.17, 15) is 25.5 Å². The highest BCUT2D eigenvalue weighted by Crippen LogP contribution is 2.90. The second kappa shape index (κ2) is 9.00. The van der Waals surface area contributed by atoms with Crippen molar-refractivity contribution in [3.05, 3.63) is 0 Å². The molecular weight excluding hydrogens is 564 g/mol. The molecular formula is C35H56O9. The quantitative estimate of drug-likeness (QED) is 0.301. The molecule has 44 heavy (non-hydrogen) atoms. The molecule has 3 saturated heterocycles. The van der Waals surface area contributed by atoms with Crippen molar-refractivity contribution in [2.24, 2.45) is 50.7 Å². The number of rotatable bonds is 3. The van der Waals surface area contributed by atoms with Gasteiger partial charge in [0.1, 0.15) is 30.5 Å². The Hall–Kier alpha value is -0.360. The Morgan fingerprint density at radius 1 is 0.841 bits per heavy atom. The van der Waals surface area contributed by atoms with Gasteiger partial charge in [0.2, 0.25) is 0 Å². The first-order valence-corrected chi connectivity index (χ1v) is 17.5. The summed E-state index contributed by atoms with van der Waals surface area (Å²) in [7, 11) is 0. The average molecular weight is 621 g/mol. The van der Waals surface area contributed by atoms with Crippen LogP contribution in [0.25, 0.3) is 0 Å². The lowest BCUT2D eigenvalue weighted by atomic mass is 9.41. The van der Waals surface area contributed by atoms with E-state index < -0.39 is 48.2 Å². The molecule has 3 aliphatic heterocycles. The largest absolute Gasteiger partial charge is 0.388 e. The molecule has 0 aromatic carbocycles. The van der Waals surface area contributed by atoms with Crippen molar-refractivity contribution >= 4 is 0 Å². The van der Waals surface area contributed by atoms with Crippen molar-refractivity contribution < 1.29 is 44.5 Å². The SMILES string of the molecule is C[C@@H]1C[C@H]2O[C@@]3(O[C@H]2C(C)(C)O)[C@H](O)[C@@]2(C)[C@@H]4CC[C@H]5C(C)(C)[C@@H](O[C@@H]6OC[C@@H](O)[C@H](O)[C@H]6O)CC[C@@]56C[C@@]46CC[C@]2(C)[C@@H]13. The minimum absolute atomic E-state index is 0.0559. The number of hydrogen-bond donors (Lipinski definition) is 5. The van der Waals surface area contributed by atoms with Gasteiger partial charge in [0.25, 0.3) is 0 Å². The van der Waals surface area contributed by atoms with Gasteiger partial charge < -0.3 is 44.5 Å². The van der Waals surface area contributed by atoms with E-state index in [1.54, 1.807) is 13.8 Å². The molecule has 5 N–H and O–H groups in total. The average Bonchev–Trinajstić information content (AvgIpc) is 3.45. The summed E-state index contributed by atoms with van der Waals surface area (Å²) in [6.07, 6.45) is 2.00. The second-order valence-electron chi connectivity index (χ2n) is 18.3. The Morgan fingerprint density at radius 2 is 1.52 bits per heavy atom. The Kier molecular flexibility index (Phi) is 6.33. The molecule has 0 aromatic heterocycles. The van der Waals surface area contributed by atoms with E-state index in [0.717, 1.165) is 44.9 Å². The molecule has 3 heterocycles. The molecule has 3 spiro atoms. The third-order valence-corrected chi connectivity index (χ3v) is 15.9. The van der Waals surface area contributed by atoms with E-state index in [1.807, 2.05) is 0 Å². The Balaban J connectivity index is 1.10. The van der Waals surface area contributed by atoms with Crippen molar-refractivity contribution in [3.63, 3.8) is 0 Å². The maximum Gasteiger partial charge on any atom is 0.199 e. The van der Waals surface area contributed by atoms with Crippen molar-refractivity contribution in [2.75, 3.05) is 6.61 Å². The molecule has 0 unspecified atom stereocenters. The Morgan fingerprint density at radius 3 is 2.23 bits per heavy atom. The molecule has 8 rings (SSSR count). The molecule has 0 aromatic rings. The third-order valence-electron chi connectivity index (χ3n) is 15.9. The highest BCUT2D eigenvalue weighted by atomic mass is 16.8. The van der Waals surface area contributed by atoms with Crippen molar-refractivity contribution in [1.29, 1.82) is 0 Å². The molecule has 5 aliphatic carbocycles. The third kappa shape index (κ3) is 3.38. The second-order valence-corrected chi connectivity index (χ2v) is 18.3. The van der Waals surface area contributed by atoms with Crippen LogP contribution >= 0.6 is 0 Å². The maximum absolute atomic E-state index is 12.7. The van der Waals surface area contributed by atoms with Crippen LogP contribution in [0.1, 0.15) is 99.8 Å². The highest BCUT2D eigenvalue weighted by molar-refractivity contribution is 5.34. The zero-order valence-corrected chi connectivity index (χ0v) is 27.7. The number of fused-ring (bicyclic) bond motifs is 4. The lowest BCUT2D eigenvalue weighted by Crippen LogP contribution is -2.61. The molecule has 8 aliphatic rings. The molecule has 9 nitrogen and oxygen atoms in total. The van der Waals surface area contributed by atoms with Crippen LogP contribution in [-0.4, -0.2) is 92.5 Å². The Labute approximate surface area is 262 Å². The summed E-state index contributed by atoms with van der Waals surface area (Å²) in [5.41, 5.74) is -1.39. The van der Waals surface area contributed by atoms with Crippen LogP contribution in [0.2, 0.25) is 0 Å². The van der Waals surface area contributed by atoms with E-state index in [4.69, 9.17) is 18.9 Å². The number of aliphatic hydroxyl groups is 5. The first-order valence-electron chi connectivity index (χ1n) is 17.5. The van der Waals surface area contributed by atoms with Crippen LogP contribution in [0, 0.1) is 50.7 Å². The summed E-state index contributed by atoms with van der Waals surface area (Å²) in [6.45, 7) is 15.2. The Bertz CT molecular complexity index is 1200. The lowest BCUT2D eigenvalue weighted by molar-refractivity contribution is -0.303. The molecule has 0 amide bonds. The van der Waals surface area contributed by atoms with E-state index in [2.05, 4.69) is 34.6 Å². The van der Waals surface area contributed by atoms with Gasteiger partial charge in [-0.1, -0.05) is 34.6 Å². The van der Waals surface area contributed by atoms with Gasteiger partial charge in [0.05, 0.1) is 24.4 Å². The monoisotopic (exact) mass is 620 g/mol. The molecule has 9 heteroatoms. The molecule has 250 valence electrons. The molecule has 5 saturated carbocycles. The normalized spacial score (nSPS) is 62.2. The summed E-state index contributed by atoms with van der Waals surface area (Å²) in [5.74, 6) is 0.108. The maximum atomic E-state index is 12.7. The summed E-state index contributed by atoms with van der Waals surface area (Å²) in [5, 5.41) is 54.5. The molecule has 2 bridgehead atoms. The van der Waals surface area contributed by atoms with Gasteiger partial charge in [-0.2, -0.15) is 0 Å². The molecule has 17 atom stereocenters. The predicted molar refractivity (Wildman–Crippen MR) is 159 cm³/mol. The highest BCUT2D eigenvalue weighted by Gasteiger charge is 2.88. The lowest BCUT2D eigenvalue weighted by Gasteiger charge is -2.63. The fourth-order valence-electron chi connectivity index (χ4n) is 14.0. The van der Waals surface area contributed by atoms with E-state index in [1.165, 1.54) is 6.42 Å². The zero-order chi connectivity index (χ0) is 31.6. The smallest absolute Gasteiger partial charge is 0.199 e. The van der Waals surface area contributed by atoms with Crippen molar-refractivity contribution in [3.8, 4) is 0 Å².